The average molecular weight is 312 g/mol. The first-order chi connectivity index (χ1) is 9.36. The largest absolute Gasteiger partial charge is 0.286 e. The fourth-order valence-electron chi connectivity index (χ4n) is 2.20. The first kappa shape index (κ1) is 15.0. The van der Waals surface area contributed by atoms with Gasteiger partial charge in [0, 0.05) is 5.56 Å². The summed E-state index contributed by atoms with van der Waals surface area (Å²) in [4.78, 5) is 23.5. The van der Waals surface area contributed by atoms with Crippen LogP contribution in [0.25, 0.3) is 5.57 Å². The Bertz CT molecular complexity index is 703. The number of thiol groups is 1. The fraction of sp³-hybridized carbons (Fsp3) is 0.231. The van der Waals surface area contributed by atoms with E-state index in [1.165, 1.54) is 6.07 Å². The van der Waals surface area contributed by atoms with Gasteiger partial charge in [0.1, 0.15) is 5.25 Å². The van der Waals surface area contributed by atoms with Gasteiger partial charge < -0.3 is 0 Å². The Morgan fingerprint density at radius 2 is 1.75 bits per heavy atom. The van der Waals surface area contributed by atoms with Crippen molar-refractivity contribution in [3.8, 4) is 0 Å². The highest BCUT2D eigenvalue weighted by molar-refractivity contribution is 7.87. The summed E-state index contributed by atoms with van der Waals surface area (Å²) in [6.45, 7) is 0. The van der Waals surface area contributed by atoms with Gasteiger partial charge in [-0.05, 0) is 29.4 Å². The van der Waals surface area contributed by atoms with E-state index in [1.54, 1.807) is 18.2 Å². The molecule has 106 valence electrons. The second-order valence-electron chi connectivity index (χ2n) is 4.35. The van der Waals surface area contributed by atoms with E-state index in [0.717, 1.165) is 6.08 Å². The van der Waals surface area contributed by atoms with Crippen LogP contribution < -0.4 is 0 Å². The molecule has 0 bridgehead atoms. The van der Waals surface area contributed by atoms with E-state index in [2.05, 4.69) is 12.6 Å². The van der Waals surface area contributed by atoms with Gasteiger partial charge in [-0.25, -0.2) is 0 Å². The number of carbonyl (C=O) groups is 2. The smallest absolute Gasteiger partial charge is 0.272 e. The Hall–Kier alpha value is -1.44. The Morgan fingerprint density at radius 3 is 2.30 bits per heavy atom. The lowest BCUT2D eigenvalue weighted by Crippen LogP contribution is -2.28. The van der Waals surface area contributed by atoms with Crippen LogP contribution in [0.15, 0.2) is 30.3 Å². The zero-order valence-electron chi connectivity index (χ0n) is 10.3. The van der Waals surface area contributed by atoms with Crippen LogP contribution in [0.1, 0.15) is 22.3 Å². The molecule has 0 aliphatic heterocycles. The Morgan fingerprint density at radius 1 is 1.15 bits per heavy atom. The van der Waals surface area contributed by atoms with Gasteiger partial charge in [-0.1, -0.05) is 24.3 Å². The average Bonchev–Trinajstić information content (AvgIpc) is 2.39. The quantitative estimate of drug-likeness (QED) is 0.498. The van der Waals surface area contributed by atoms with Crippen molar-refractivity contribution in [1.29, 1.82) is 0 Å². The van der Waals surface area contributed by atoms with E-state index in [0.29, 0.717) is 5.56 Å². The molecule has 1 N–H and O–H groups in total. The van der Waals surface area contributed by atoms with E-state index in [1.807, 2.05) is 0 Å². The van der Waals surface area contributed by atoms with Crippen LogP contribution in [-0.2, 0) is 14.9 Å². The Balaban J connectivity index is 2.63. The van der Waals surface area contributed by atoms with Gasteiger partial charge in [0.05, 0.1) is 0 Å². The lowest BCUT2D eigenvalue weighted by Gasteiger charge is -2.21. The number of carbonyl (C=O) groups excluding carboxylic acids is 2. The maximum absolute atomic E-state index is 11.8. The van der Waals surface area contributed by atoms with Gasteiger partial charge in [-0.15, -0.1) is 0 Å². The van der Waals surface area contributed by atoms with E-state index >= 15 is 0 Å². The first-order valence-electron chi connectivity index (χ1n) is 5.83. The number of rotatable bonds is 4. The lowest BCUT2D eigenvalue weighted by atomic mass is 9.87. The van der Waals surface area contributed by atoms with Crippen molar-refractivity contribution in [2.24, 2.45) is 0 Å². The molecule has 1 aromatic rings. The van der Waals surface area contributed by atoms with Crippen molar-refractivity contribution in [3.63, 3.8) is 0 Å². The summed E-state index contributed by atoms with van der Waals surface area (Å²) in [7, 11) is -4.39. The normalized spacial score (nSPS) is 16.6. The highest BCUT2D eigenvalue weighted by Crippen LogP contribution is 2.32. The van der Waals surface area contributed by atoms with Gasteiger partial charge in [0.15, 0.2) is 0 Å². The van der Waals surface area contributed by atoms with Crippen LogP contribution in [0, 0.1) is 0 Å². The van der Waals surface area contributed by atoms with Crippen molar-refractivity contribution < 1.29 is 22.6 Å². The molecule has 1 aromatic carbocycles. The summed E-state index contributed by atoms with van der Waals surface area (Å²) < 4.78 is 32.3. The Labute approximate surface area is 121 Å². The number of allylic oxidation sites excluding steroid dienone is 1. The molecule has 0 saturated heterocycles. The van der Waals surface area contributed by atoms with Crippen molar-refractivity contribution >= 4 is 39.9 Å². The third-order valence-electron chi connectivity index (χ3n) is 3.09. The molecule has 0 fully saturated rings. The Kier molecular flexibility index (Phi) is 4.12. The van der Waals surface area contributed by atoms with Crippen LogP contribution in [-0.4, -0.2) is 35.5 Å². The molecule has 0 amide bonds. The molecule has 20 heavy (non-hydrogen) atoms. The van der Waals surface area contributed by atoms with Crippen LogP contribution in [0.2, 0.25) is 0 Å². The molecule has 2 rings (SSSR count). The summed E-state index contributed by atoms with van der Waals surface area (Å²) >= 11 is 3.97. The number of Topliss-reactive ketones (excluding diaryl/α,β-unsaturated/α-hetero) is 1. The molecule has 0 radical (unpaired) electrons. The topological polar surface area (TPSA) is 88.5 Å². The summed E-state index contributed by atoms with van der Waals surface area (Å²) in [5.74, 6) is -1.25. The number of ketones is 2. The van der Waals surface area contributed by atoms with Crippen LogP contribution in [0.4, 0.5) is 0 Å². The molecule has 0 saturated carbocycles. The number of benzene rings is 1. The predicted molar refractivity (Wildman–Crippen MR) is 77.6 cm³/mol. The van der Waals surface area contributed by atoms with Crippen molar-refractivity contribution in [1.82, 2.24) is 0 Å². The van der Waals surface area contributed by atoms with Gasteiger partial charge >= 0.3 is 0 Å². The molecule has 0 heterocycles. The predicted octanol–water partition coefficient (Wildman–Crippen LogP) is 1.41. The van der Waals surface area contributed by atoms with E-state index in [9.17, 15) is 22.6 Å². The molecule has 1 atom stereocenters. The minimum atomic E-state index is -4.39. The molecule has 1 aliphatic carbocycles. The molecule has 7 heteroatoms. The van der Waals surface area contributed by atoms with Crippen molar-refractivity contribution in [3.05, 3.63) is 41.5 Å². The molecular weight excluding hydrogens is 300 g/mol. The molecule has 1 unspecified atom stereocenters. The minimum Gasteiger partial charge on any atom is -0.286 e. The molecule has 0 spiro atoms. The summed E-state index contributed by atoms with van der Waals surface area (Å²) in [6, 6.07) is 6.25. The molecule has 1 aliphatic rings. The van der Waals surface area contributed by atoms with Gasteiger partial charge in [0.2, 0.25) is 11.6 Å². The zero-order valence-corrected chi connectivity index (χ0v) is 12.0. The number of hydrogen-bond donors (Lipinski definition) is 2. The molecule has 5 nitrogen and oxygen atoms in total. The van der Waals surface area contributed by atoms with E-state index < -0.39 is 26.9 Å². The highest BCUT2D eigenvalue weighted by atomic mass is 32.2. The monoisotopic (exact) mass is 312 g/mol. The van der Waals surface area contributed by atoms with Gasteiger partial charge in [0.25, 0.3) is 10.1 Å². The SMILES string of the molecule is O=C1C=C(C(CCS)S(=O)(=O)O)c2ccccc2C1=O. The third-order valence-corrected chi connectivity index (χ3v) is 4.56. The summed E-state index contributed by atoms with van der Waals surface area (Å²) in [5, 5.41) is -1.27. The lowest BCUT2D eigenvalue weighted by molar-refractivity contribution is -0.111. The van der Waals surface area contributed by atoms with Crippen LogP contribution in [0.5, 0.6) is 0 Å². The first-order valence-corrected chi connectivity index (χ1v) is 7.96. The number of hydrogen-bond acceptors (Lipinski definition) is 5. The second-order valence-corrected chi connectivity index (χ2v) is 6.40. The third kappa shape index (κ3) is 2.70. The molecular formula is C13H12O5S2. The van der Waals surface area contributed by atoms with Crippen molar-refractivity contribution in [2.75, 3.05) is 5.75 Å². The molecule has 0 aromatic heterocycles. The van der Waals surface area contributed by atoms with E-state index in [4.69, 9.17) is 0 Å². The summed E-state index contributed by atoms with van der Waals surface area (Å²) in [5.41, 5.74) is 0.658. The highest BCUT2D eigenvalue weighted by Gasteiger charge is 2.34. The van der Waals surface area contributed by atoms with Gasteiger partial charge in [-0.3, -0.25) is 14.1 Å². The fourth-order valence-corrected chi connectivity index (χ4v) is 3.56. The number of fused-ring (bicyclic) bond motifs is 1. The summed E-state index contributed by atoms with van der Waals surface area (Å²) in [6.07, 6.45) is 1.04. The van der Waals surface area contributed by atoms with Gasteiger partial charge in [-0.2, -0.15) is 21.0 Å². The van der Waals surface area contributed by atoms with E-state index in [-0.39, 0.29) is 23.3 Å². The zero-order chi connectivity index (χ0) is 14.9. The maximum Gasteiger partial charge on any atom is 0.272 e. The van der Waals surface area contributed by atoms with Crippen molar-refractivity contribution in [2.45, 2.75) is 11.7 Å². The standard InChI is InChI=1S/C13H12O5S2/c14-11-7-10(12(5-6-19)20(16,17)18)8-3-1-2-4-9(8)13(11)15/h1-4,7,12,19H,5-6H2,(H,16,17,18). The van der Waals surface area contributed by atoms with Crippen LogP contribution >= 0.6 is 12.6 Å². The van der Waals surface area contributed by atoms with Crippen LogP contribution in [0.3, 0.4) is 0 Å². The minimum absolute atomic E-state index is 0.0452. The second kappa shape index (κ2) is 5.51. The maximum atomic E-state index is 11.8.